The number of benzene rings is 2. The predicted molar refractivity (Wildman–Crippen MR) is 108 cm³/mol. The molecule has 1 aliphatic heterocycles. The summed E-state index contributed by atoms with van der Waals surface area (Å²) < 4.78 is 10.4. The minimum atomic E-state index is -0.250. The first-order valence-electron chi connectivity index (χ1n) is 8.84. The number of carbonyl (C=O) groups excluding carboxylic acids is 2. The van der Waals surface area contributed by atoms with E-state index in [4.69, 9.17) is 9.47 Å². The van der Waals surface area contributed by atoms with Gasteiger partial charge in [0, 0.05) is 29.7 Å². The zero-order chi connectivity index (χ0) is 20.1. The molecule has 0 saturated carbocycles. The van der Waals surface area contributed by atoms with Crippen LogP contribution < -0.4 is 20.1 Å². The van der Waals surface area contributed by atoms with Crippen molar-refractivity contribution in [2.75, 3.05) is 14.2 Å². The van der Waals surface area contributed by atoms with Crippen LogP contribution in [0.1, 0.15) is 34.3 Å². The minimum Gasteiger partial charge on any atom is -0.493 e. The summed E-state index contributed by atoms with van der Waals surface area (Å²) in [6.45, 7) is 3.98. The maximum atomic E-state index is 12.4. The van der Waals surface area contributed by atoms with Crippen LogP contribution in [-0.2, 0) is 4.79 Å². The molecule has 2 aromatic carbocycles. The average Bonchev–Trinajstić information content (AvgIpc) is 2.71. The number of ether oxygens (including phenoxy) is 2. The molecule has 0 bridgehead atoms. The lowest BCUT2D eigenvalue weighted by Gasteiger charge is -2.21. The van der Waals surface area contributed by atoms with Crippen molar-refractivity contribution in [3.05, 3.63) is 71.6 Å². The summed E-state index contributed by atoms with van der Waals surface area (Å²) in [6.07, 6.45) is 2.00. The van der Waals surface area contributed by atoms with E-state index in [9.17, 15) is 9.59 Å². The van der Waals surface area contributed by atoms with Crippen LogP contribution in [0.2, 0.25) is 0 Å². The molecule has 3 rings (SSSR count). The van der Waals surface area contributed by atoms with Gasteiger partial charge in [-0.2, -0.15) is 0 Å². The summed E-state index contributed by atoms with van der Waals surface area (Å²) in [7, 11) is 3.04. The second-order valence-corrected chi connectivity index (χ2v) is 6.29. The Labute approximate surface area is 163 Å². The number of hydrogen-bond acceptors (Lipinski definition) is 5. The van der Waals surface area contributed by atoms with Gasteiger partial charge in [0.1, 0.15) is 5.82 Å². The normalized spacial score (nSPS) is 12.4. The van der Waals surface area contributed by atoms with E-state index in [1.165, 1.54) is 14.2 Å². The van der Waals surface area contributed by atoms with Crippen LogP contribution >= 0.6 is 0 Å². The molecule has 0 radical (unpaired) electrons. The molecule has 0 spiro atoms. The number of fused-ring (bicyclic) bond motifs is 1. The molecule has 0 fully saturated rings. The number of carbonyl (C=O) groups is 2. The van der Waals surface area contributed by atoms with Crippen LogP contribution in [0.5, 0.6) is 11.5 Å². The van der Waals surface area contributed by atoms with Gasteiger partial charge in [0.15, 0.2) is 17.3 Å². The Morgan fingerprint density at radius 3 is 2.54 bits per heavy atom. The van der Waals surface area contributed by atoms with Gasteiger partial charge in [-0.05, 0) is 29.8 Å². The lowest BCUT2D eigenvalue weighted by Crippen LogP contribution is -2.32. The molecule has 1 heterocycles. The van der Waals surface area contributed by atoms with Gasteiger partial charge in [0.25, 0.3) is 0 Å². The average molecular weight is 378 g/mol. The zero-order valence-corrected chi connectivity index (χ0v) is 15.9. The first-order valence-corrected chi connectivity index (χ1v) is 8.84. The molecule has 0 unspecified atom stereocenters. The van der Waals surface area contributed by atoms with E-state index in [0.717, 1.165) is 16.8 Å². The highest BCUT2D eigenvalue weighted by Crippen LogP contribution is 2.28. The summed E-state index contributed by atoms with van der Waals surface area (Å²) in [6, 6.07) is 12.7. The van der Waals surface area contributed by atoms with Gasteiger partial charge in [0.05, 0.1) is 14.2 Å². The van der Waals surface area contributed by atoms with Crippen molar-refractivity contribution < 1.29 is 19.1 Å². The Balaban J connectivity index is 1.60. The Morgan fingerprint density at radius 1 is 1.04 bits per heavy atom. The van der Waals surface area contributed by atoms with Crippen LogP contribution in [-0.4, -0.2) is 25.9 Å². The smallest absolute Gasteiger partial charge is 0.225 e. The number of methoxy groups -OCH3 is 2. The highest BCUT2D eigenvalue weighted by Gasteiger charge is 2.16. The number of nitrogens with one attached hydrogen (secondary N) is 2. The third kappa shape index (κ3) is 4.23. The minimum absolute atomic E-state index is 0.0698. The van der Waals surface area contributed by atoms with Gasteiger partial charge in [-0.3, -0.25) is 9.59 Å². The molecular weight excluding hydrogens is 356 g/mol. The fourth-order valence-electron chi connectivity index (χ4n) is 2.98. The topological polar surface area (TPSA) is 76.7 Å². The quantitative estimate of drug-likeness (QED) is 0.723. The molecule has 28 heavy (non-hydrogen) atoms. The van der Waals surface area contributed by atoms with Gasteiger partial charge in [-0.25, -0.2) is 0 Å². The molecule has 0 saturated heterocycles. The summed E-state index contributed by atoms with van der Waals surface area (Å²) in [4.78, 5) is 24.7. The lowest BCUT2D eigenvalue weighted by atomic mass is 10.0. The van der Waals surface area contributed by atoms with Gasteiger partial charge in [-0.1, -0.05) is 30.8 Å². The van der Waals surface area contributed by atoms with Crippen molar-refractivity contribution in [2.24, 2.45) is 0 Å². The van der Waals surface area contributed by atoms with Gasteiger partial charge in [0.2, 0.25) is 5.91 Å². The number of ketones is 1. The molecule has 0 aliphatic carbocycles. The van der Waals surface area contributed by atoms with Crippen molar-refractivity contribution >= 4 is 23.5 Å². The fraction of sp³-hybridized carbons (Fsp3) is 0.182. The van der Waals surface area contributed by atoms with Crippen molar-refractivity contribution in [3.8, 4) is 11.5 Å². The molecule has 6 nitrogen and oxygen atoms in total. The Hall–Kier alpha value is -3.54. The number of hydrogen-bond donors (Lipinski definition) is 2. The summed E-state index contributed by atoms with van der Waals surface area (Å²) >= 11 is 0. The summed E-state index contributed by atoms with van der Waals surface area (Å²) in [5.41, 5.74) is 3.16. The van der Waals surface area contributed by atoms with Gasteiger partial charge >= 0.3 is 0 Å². The molecule has 144 valence electrons. The van der Waals surface area contributed by atoms with Crippen LogP contribution in [0.15, 0.2) is 54.9 Å². The molecule has 0 aromatic heterocycles. The van der Waals surface area contributed by atoms with E-state index in [-0.39, 0.29) is 24.5 Å². The van der Waals surface area contributed by atoms with Crippen LogP contribution in [0.3, 0.4) is 0 Å². The monoisotopic (exact) mass is 378 g/mol. The van der Waals surface area contributed by atoms with E-state index in [2.05, 4.69) is 17.2 Å². The van der Waals surface area contributed by atoms with Gasteiger partial charge < -0.3 is 20.1 Å². The van der Waals surface area contributed by atoms with Crippen LogP contribution in [0.25, 0.3) is 11.8 Å². The molecule has 1 aliphatic rings. The Morgan fingerprint density at radius 2 is 1.79 bits per heavy atom. The molecule has 1 amide bonds. The van der Waals surface area contributed by atoms with Gasteiger partial charge in [-0.15, -0.1) is 0 Å². The number of Topliss-reactive ketones (excluding diaryl/α,β-unsaturated/α-hetero) is 1. The standard InChI is InChI=1S/C22H22N2O4/c1-14-17-7-5-4-6-15(17)13-21(23-14)24-22(26)11-9-18(25)16-8-10-19(27-2)20(12-16)28-3/h4-8,10,12-13,23H,1,9,11H2,2-3H3,(H,24,26). The SMILES string of the molecule is C=C1NC(NC(=O)CCC(=O)c2ccc(OC)c(OC)c2)=Cc2ccccc21. The molecule has 2 N–H and O–H groups in total. The number of amides is 1. The third-order valence-electron chi connectivity index (χ3n) is 4.43. The van der Waals surface area contributed by atoms with Crippen molar-refractivity contribution in [1.29, 1.82) is 0 Å². The van der Waals surface area contributed by atoms with Crippen molar-refractivity contribution in [1.82, 2.24) is 10.6 Å². The Bertz CT molecular complexity index is 963. The maximum Gasteiger partial charge on any atom is 0.225 e. The molecule has 0 atom stereocenters. The van der Waals surface area contributed by atoms with Crippen molar-refractivity contribution in [3.63, 3.8) is 0 Å². The molecular formula is C22H22N2O4. The van der Waals surface area contributed by atoms with E-state index in [0.29, 0.717) is 22.9 Å². The molecule has 6 heteroatoms. The van der Waals surface area contributed by atoms with E-state index >= 15 is 0 Å². The predicted octanol–water partition coefficient (Wildman–Crippen LogP) is 3.36. The largest absolute Gasteiger partial charge is 0.493 e. The third-order valence-corrected chi connectivity index (χ3v) is 4.43. The second kappa shape index (κ2) is 8.43. The van der Waals surface area contributed by atoms with E-state index < -0.39 is 0 Å². The zero-order valence-electron chi connectivity index (χ0n) is 15.9. The first-order chi connectivity index (χ1) is 13.5. The highest BCUT2D eigenvalue weighted by atomic mass is 16.5. The van der Waals surface area contributed by atoms with Crippen molar-refractivity contribution in [2.45, 2.75) is 12.8 Å². The fourth-order valence-corrected chi connectivity index (χ4v) is 2.98. The Kier molecular flexibility index (Phi) is 5.79. The first kappa shape index (κ1) is 19.2. The summed E-state index contributed by atoms with van der Waals surface area (Å²) in [5, 5.41) is 5.86. The number of rotatable bonds is 7. The van der Waals surface area contributed by atoms with E-state index in [1.807, 2.05) is 30.3 Å². The highest BCUT2D eigenvalue weighted by molar-refractivity contribution is 5.98. The van der Waals surface area contributed by atoms with Crippen LogP contribution in [0.4, 0.5) is 0 Å². The molecule has 2 aromatic rings. The van der Waals surface area contributed by atoms with E-state index in [1.54, 1.807) is 18.2 Å². The summed E-state index contributed by atoms with van der Waals surface area (Å²) in [5.74, 6) is 1.18. The second-order valence-electron chi connectivity index (χ2n) is 6.29. The lowest BCUT2D eigenvalue weighted by molar-refractivity contribution is -0.120. The maximum absolute atomic E-state index is 12.4. The van der Waals surface area contributed by atoms with Crippen LogP contribution in [0, 0.1) is 0 Å².